The second-order valence-corrected chi connectivity index (χ2v) is 15.5. The van der Waals surface area contributed by atoms with Crippen LogP contribution in [-0.4, -0.2) is 44.8 Å². The number of ether oxygens (including phenoxy) is 1. The first kappa shape index (κ1) is 35.1. The molecule has 3 aromatic carbocycles. The lowest BCUT2D eigenvalue weighted by molar-refractivity contribution is -0.155. The number of esters is 1. The summed E-state index contributed by atoms with van der Waals surface area (Å²) in [6.45, 7) is 2.76. The molecule has 232 valence electrons. The third-order valence-electron chi connectivity index (χ3n) is 6.37. The molecule has 0 spiro atoms. The lowest BCUT2D eigenvalue weighted by atomic mass is 9.86. The van der Waals surface area contributed by atoms with Gasteiger partial charge in [-0.2, -0.15) is 8.42 Å². The van der Waals surface area contributed by atoms with E-state index in [-0.39, 0.29) is 18.1 Å². The fraction of sp³-hybridized carbons (Fsp3) is 0.310. The molecule has 3 rings (SSSR count). The van der Waals surface area contributed by atoms with Crippen molar-refractivity contribution in [2.24, 2.45) is 5.41 Å². The first-order chi connectivity index (χ1) is 20.1. The van der Waals surface area contributed by atoms with Gasteiger partial charge < -0.3 is 18.9 Å². The van der Waals surface area contributed by atoms with Gasteiger partial charge in [0.15, 0.2) is 6.10 Å². The van der Waals surface area contributed by atoms with Crippen molar-refractivity contribution < 1.29 is 45.6 Å². The molecule has 0 amide bonds. The van der Waals surface area contributed by atoms with Crippen LogP contribution in [0.4, 0.5) is 0 Å². The van der Waals surface area contributed by atoms with Crippen molar-refractivity contribution in [1.82, 2.24) is 0 Å². The van der Waals surface area contributed by atoms with E-state index in [4.69, 9.17) is 18.0 Å². The van der Waals surface area contributed by atoms with Crippen molar-refractivity contribution in [2.45, 2.75) is 44.5 Å². The number of carboxylic acids is 1. The van der Waals surface area contributed by atoms with Crippen LogP contribution in [0.5, 0.6) is 0 Å². The SMILES string of the molecule is COC(=O)[C@@](C)(C[C@H](OS(=O)(=O)c1ccc(C)cc1)C(=O)O)CP(=O)(OCc1ccc(Br)cc1)OCc1ccc(Br)cc1. The van der Waals surface area contributed by atoms with Crippen molar-refractivity contribution in [3.8, 4) is 0 Å². The van der Waals surface area contributed by atoms with Gasteiger partial charge in [-0.25, -0.2) is 4.79 Å². The molecule has 0 saturated heterocycles. The summed E-state index contributed by atoms with van der Waals surface area (Å²) in [7, 11) is -7.65. The Balaban J connectivity index is 1.92. The molecule has 43 heavy (non-hydrogen) atoms. The Morgan fingerprint density at radius 3 is 1.77 bits per heavy atom. The number of rotatable bonds is 15. The fourth-order valence-electron chi connectivity index (χ4n) is 4.01. The number of carbonyl (C=O) groups excluding carboxylic acids is 1. The van der Waals surface area contributed by atoms with E-state index in [0.717, 1.165) is 21.6 Å². The molecular weight excluding hydrogens is 731 g/mol. The van der Waals surface area contributed by atoms with Crippen molar-refractivity contribution in [3.05, 3.63) is 98.4 Å². The van der Waals surface area contributed by atoms with Crippen LogP contribution < -0.4 is 0 Å². The number of aliphatic carboxylic acids is 1. The average molecular weight is 762 g/mol. The summed E-state index contributed by atoms with van der Waals surface area (Å²) in [4.78, 5) is 25.1. The highest BCUT2D eigenvalue weighted by Gasteiger charge is 2.47. The molecular formula is C29H31Br2O10PS. The summed E-state index contributed by atoms with van der Waals surface area (Å²) in [6, 6.07) is 19.7. The number of benzene rings is 3. The third-order valence-corrected chi connectivity index (χ3v) is 10.9. The first-order valence-electron chi connectivity index (χ1n) is 12.8. The van der Waals surface area contributed by atoms with E-state index in [9.17, 15) is 27.7 Å². The van der Waals surface area contributed by atoms with E-state index < -0.39 is 53.8 Å². The molecule has 0 aliphatic heterocycles. The van der Waals surface area contributed by atoms with Gasteiger partial charge in [0, 0.05) is 15.4 Å². The van der Waals surface area contributed by atoms with Crippen LogP contribution in [0.2, 0.25) is 0 Å². The molecule has 0 heterocycles. The molecule has 0 aromatic heterocycles. The molecule has 0 aliphatic carbocycles. The molecule has 0 aliphatic rings. The second-order valence-electron chi connectivity index (χ2n) is 10.0. The topological polar surface area (TPSA) is 142 Å². The number of carboxylic acid groups (broad SMARTS) is 1. The van der Waals surface area contributed by atoms with Crippen LogP contribution in [-0.2, 0) is 55.5 Å². The predicted molar refractivity (Wildman–Crippen MR) is 166 cm³/mol. The number of hydrogen-bond acceptors (Lipinski definition) is 9. The van der Waals surface area contributed by atoms with Gasteiger partial charge in [-0.05, 0) is 61.4 Å². The Morgan fingerprint density at radius 1 is 0.884 bits per heavy atom. The number of halogens is 2. The Morgan fingerprint density at radius 2 is 1.35 bits per heavy atom. The van der Waals surface area contributed by atoms with Gasteiger partial charge in [-0.15, -0.1) is 0 Å². The molecule has 0 unspecified atom stereocenters. The summed E-state index contributed by atoms with van der Waals surface area (Å²) in [6.07, 6.45) is -3.37. The number of aryl methyl sites for hydroxylation is 1. The molecule has 0 bridgehead atoms. The van der Waals surface area contributed by atoms with Gasteiger partial charge >= 0.3 is 19.5 Å². The summed E-state index contributed by atoms with van der Waals surface area (Å²) in [5.74, 6) is -2.60. The molecule has 14 heteroatoms. The number of methoxy groups -OCH3 is 1. The van der Waals surface area contributed by atoms with Crippen LogP contribution in [0.3, 0.4) is 0 Å². The van der Waals surface area contributed by atoms with Crippen LogP contribution in [0.25, 0.3) is 0 Å². The zero-order chi connectivity index (χ0) is 31.8. The number of hydrogen-bond donors (Lipinski definition) is 1. The molecule has 2 atom stereocenters. The smallest absolute Gasteiger partial charge is 0.334 e. The first-order valence-corrected chi connectivity index (χ1v) is 17.6. The maximum Gasteiger partial charge on any atom is 0.334 e. The lowest BCUT2D eigenvalue weighted by Gasteiger charge is -2.32. The summed E-state index contributed by atoms with van der Waals surface area (Å²) >= 11 is 6.70. The monoisotopic (exact) mass is 760 g/mol. The molecule has 10 nitrogen and oxygen atoms in total. The number of carbonyl (C=O) groups is 2. The Kier molecular flexibility index (Phi) is 12.3. The van der Waals surface area contributed by atoms with Gasteiger partial charge in [-0.1, -0.05) is 73.8 Å². The fourth-order valence-corrected chi connectivity index (χ4v) is 7.63. The van der Waals surface area contributed by atoms with Crippen LogP contribution in [0.15, 0.2) is 86.6 Å². The molecule has 1 N–H and O–H groups in total. The van der Waals surface area contributed by atoms with Crippen molar-refractivity contribution >= 4 is 61.5 Å². The minimum Gasteiger partial charge on any atom is -0.479 e. The standard InChI is InChI=1S/C29H31Br2O10PS/c1-20-4-14-25(15-5-20)43(36,37)41-26(27(32)33)16-29(2,28(34)38-3)19-42(35,39-17-21-6-10-23(30)11-7-21)40-18-22-8-12-24(31)13-9-22/h4-15,26H,16-19H2,1-3H3,(H,32,33)/t26-,29-/m0/s1. The third kappa shape index (κ3) is 10.3. The van der Waals surface area contributed by atoms with E-state index in [1.54, 1.807) is 55.5 Å². The zero-order valence-electron chi connectivity index (χ0n) is 23.6. The highest BCUT2D eigenvalue weighted by atomic mass is 79.9. The molecule has 0 fully saturated rings. The second kappa shape index (κ2) is 15.1. The van der Waals surface area contributed by atoms with E-state index in [2.05, 4.69) is 31.9 Å². The average Bonchev–Trinajstić information content (AvgIpc) is 2.96. The van der Waals surface area contributed by atoms with Gasteiger partial charge in [0.25, 0.3) is 10.1 Å². The van der Waals surface area contributed by atoms with Crippen LogP contribution in [0.1, 0.15) is 30.0 Å². The van der Waals surface area contributed by atoms with E-state index in [0.29, 0.717) is 11.1 Å². The van der Waals surface area contributed by atoms with E-state index in [1.165, 1.54) is 31.2 Å². The Hall–Kier alpha value is -2.38. The largest absolute Gasteiger partial charge is 0.479 e. The quantitative estimate of drug-likeness (QED) is 0.0990. The Bertz CT molecular complexity index is 1510. The van der Waals surface area contributed by atoms with Gasteiger partial charge in [0.2, 0.25) is 0 Å². The van der Waals surface area contributed by atoms with Crippen LogP contribution >= 0.6 is 39.5 Å². The highest BCUT2D eigenvalue weighted by Crippen LogP contribution is 2.55. The summed E-state index contributed by atoms with van der Waals surface area (Å²) in [5.41, 5.74) is 0.238. The maximum atomic E-state index is 14.2. The van der Waals surface area contributed by atoms with Crippen molar-refractivity contribution in [3.63, 3.8) is 0 Å². The molecule has 0 saturated carbocycles. The maximum absolute atomic E-state index is 14.2. The van der Waals surface area contributed by atoms with E-state index >= 15 is 0 Å². The van der Waals surface area contributed by atoms with Crippen molar-refractivity contribution in [1.29, 1.82) is 0 Å². The van der Waals surface area contributed by atoms with E-state index in [1.807, 2.05) is 0 Å². The van der Waals surface area contributed by atoms with Crippen LogP contribution in [0, 0.1) is 12.3 Å². The van der Waals surface area contributed by atoms with Gasteiger partial charge in [-0.3, -0.25) is 13.5 Å². The highest BCUT2D eigenvalue weighted by molar-refractivity contribution is 9.10. The minimum absolute atomic E-state index is 0.150. The normalized spacial score (nSPS) is 14.1. The van der Waals surface area contributed by atoms with Gasteiger partial charge in [0.05, 0.1) is 36.8 Å². The lowest BCUT2D eigenvalue weighted by Crippen LogP contribution is -2.41. The minimum atomic E-state index is -4.54. The molecule has 0 radical (unpaired) electrons. The summed E-state index contributed by atoms with van der Waals surface area (Å²) < 4.78 is 63.4. The Labute approximate surface area is 267 Å². The van der Waals surface area contributed by atoms with Gasteiger partial charge in [0.1, 0.15) is 0 Å². The summed E-state index contributed by atoms with van der Waals surface area (Å²) in [5, 5.41) is 9.91. The molecule has 3 aromatic rings. The predicted octanol–water partition coefficient (Wildman–Crippen LogP) is 6.87. The van der Waals surface area contributed by atoms with Crippen molar-refractivity contribution in [2.75, 3.05) is 13.3 Å². The zero-order valence-corrected chi connectivity index (χ0v) is 28.4.